The van der Waals surface area contributed by atoms with E-state index in [0.717, 1.165) is 0 Å². The Kier molecular flexibility index (Phi) is 4.24. The molecule has 1 aromatic carbocycles. The summed E-state index contributed by atoms with van der Waals surface area (Å²) in [5.41, 5.74) is 0.709. The molecule has 0 spiro atoms. The van der Waals surface area contributed by atoms with Gasteiger partial charge in [0.15, 0.2) is 5.75 Å². The van der Waals surface area contributed by atoms with Gasteiger partial charge in [-0.05, 0) is 24.3 Å². The summed E-state index contributed by atoms with van der Waals surface area (Å²) in [7, 11) is 0. The zero-order chi connectivity index (χ0) is 13.8. The van der Waals surface area contributed by atoms with Crippen molar-refractivity contribution in [2.75, 3.05) is 0 Å². The minimum absolute atomic E-state index is 0.125. The van der Waals surface area contributed by atoms with E-state index in [-0.39, 0.29) is 12.2 Å². The molecule has 0 aliphatic heterocycles. The molecule has 19 heavy (non-hydrogen) atoms. The van der Waals surface area contributed by atoms with Gasteiger partial charge in [-0.15, -0.1) is 0 Å². The molecule has 2 aromatic rings. The van der Waals surface area contributed by atoms with Gasteiger partial charge >= 0.3 is 5.97 Å². The summed E-state index contributed by atoms with van der Waals surface area (Å²) >= 11 is 11.9. The molecule has 0 radical (unpaired) electrons. The summed E-state index contributed by atoms with van der Waals surface area (Å²) in [6, 6.07) is 8.10. The van der Waals surface area contributed by atoms with E-state index < -0.39 is 5.97 Å². The standard InChI is InChI=1S/C13H9Cl2NO3/c14-10-2-1-3-11(15)12(10)19-7-9-5-4-8(6-16-9)13(17)18/h1-6H,7H2,(H,17,18). The van der Waals surface area contributed by atoms with Crippen molar-refractivity contribution in [3.05, 3.63) is 57.8 Å². The molecule has 6 heteroatoms. The molecule has 0 fully saturated rings. The van der Waals surface area contributed by atoms with Gasteiger partial charge in [-0.1, -0.05) is 29.3 Å². The molecule has 0 aliphatic carbocycles. The van der Waals surface area contributed by atoms with Crippen LogP contribution in [0.5, 0.6) is 5.75 Å². The second kappa shape index (κ2) is 5.91. The third-order valence-electron chi connectivity index (χ3n) is 2.36. The fraction of sp³-hybridized carbons (Fsp3) is 0.0769. The van der Waals surface area contributed by atoms with Gasteiger partial charge < -0.3 is 9.84 Å². The SMILES string of the molecule is O=C(O)c1ccc(COc2c(Cl)cccc2Cl)nc1. The fourth-order valence-electron chi connectivity index (χ4n) is 1.40. The molecule has 98 valence electrons. The Bertz CT molecular complexity index is 579. The van der Waals surface area contributed by atoms with Crippen molar-refractivity contribution in [1.29, 1.82) is 0 Å². The van der Waals surface area contributed by atoms with Crippen LogP contribution in [0.1, 0.15) is 16.1 Å². The van der Waals surface area contributed by atoms with E-state index in [1.807, 2.05) is 0 Å². The van der Waals surface area contributed by atoms with E-state index in [1.165, 1.54) is 12.3 Å². The molecule has 1 N–H and O–H groups in total. The fourth-order valence-corrected chi connectivity index (χ4v) is 1.91. The number of hydrogen-bond acceptors (Lipinski definition) is 3. The summed E-state index contributed by atoms with van der Waals surface area (Å²) in [6.45, 7) is 0.156. The van der Waals surface area contributed by atoms with Crippen molar-refractivity contribution >= 4 is 29.2 Å². The number of carboxylic acids is 1. The molecule has 0 saturated carbocycles. The van der Waals surface area contributed by atoms with E-state index >= 15 is 0 Å². The highest BCUT2D eigenvalue weighted by molar-refractivity contribution is 6.37. The lowest BCUT2D eigenvalue weighted by Gasteiger charge is -2.09. The predicted molar refractivity (Wildman–Crippen MR) is 72.0 cm³/mol. The van der Waals surface area contributed by atoms with E-state index in [0.29, 0.717) is 21.5 Å². The summed E-state index contributed by atoms with van der Waals surface area (Å²) in [4.78, 5) is 14.7. The molecular weight excluding hydrogens is 289 g/mol. The first-order chi connectivity index (χ1) is 9.08. The number of halogens is 2. The molecule has 0 saturated heterocycles. The molecule has 0 amide bonds. The largest absolute Gasteiger partial charge is 0.484 e. The Morgan fingerprint density at radius 2 is 1.89 bits per heavy atom. The lowest BCUT2D eigenvalue weighted by molar-refractivity contribution is 0.0696. The number of benzene rings is 1. The smallest absolute Gasteiger partial charge is 0.337 e. The Balaban J connectivity index is 2.08. The number of hydrogen-bond donors (Lipinski definition) is 1. The molecule has 1 aromatic heterocycles. The van der Waals surface area contributed by atoms with Crippen molar-refractivity contribution < 1.29 is 14.6 Å². The summed E-state index contributed by atoms with van der Waals surface area (Å²) < 4.78 is 5.48. The van der Waals surface area contributed by atoms with Crippen LogP contribution in [0.15, 0.2) is 36.5 Å². The van der Waals surface area contributed by atoms with Crippen LogP contribution in [0.3, 0.4) is 0 Å². The van der Waals surface area contributed by atoms with Gasteiger partial charge in [0, 0.05) is 6.20 Å². The van der Waals surface area contributed by atoms with E-state index in [4.69, 9.17) is 33.0 Å². The first-order valence-electron chi connectivity index (χ1n) is 5.33. The third-order valence-corrected chi connectivity index (χ3v) is 2.95. The molecule has 4 nitrogen and oxygen atoms in total. The van der Waals surface area contributed by atoms with Gasteiger partial charge in [-0.2, -0.15) is 0 Å². The zero-order valence-electron chi connectivity index (χ0n) is 9.64. The highest BCUT2D eigenvalue weighted by Crippen LogP contribution is 2.32. The van der Waals surface area contributed by atoms with E-state index in [2.05, 4.69) is 4.98 Å². The minimum atomic E-state index is -1.02. The Morgan fingerprint density at radius 3 is 2.42 bits per heavy atom. The Hall–Kier alpha value is -1.78. The van der Waals surface area contributed by atoms with Gasteiger partial charge in [-0.3, -0.25) is 4.98 Å². The monoisotopic (exact) mass is 297 g/mol. The zero-order valence-corrected chi connectivity index (χ0v) is 11.1. The molecule has 2 rings (SSSR count). The normalized spacial score (nSPS) is 10.2. The van der Waals surface area contributed by atoms with Gasteiger partial charge in [0.2, 0.25) is 0 Å². The van der Waals surface area contributed by atoms with E-state index in [9.17, 15) is 4.79 Å². The average Bonchev–Trinajstić information content (AvgIpc) is 2.38. The third kappa shape index (κ3) is 3.36. The number of ether oxygens (including phenoxy) is 1. The molecule has 0 unspecified atom stereocenters. The second-order valence-corrected chi connectivity index (χ2v) is 4.50. The van der Waals surface area contributed by atoms with Crippen LogP contribution in [0.25, 0.3) is 0 Å². The van der Waals surface area contributed by atoms with Crippen LogP contribution >= 0.6 is 23.2 Å². The highest BCUT2D eigenvalue weighted by atomic mass is 35.5. The second-order valence-electron chi connectivity index (χ2n) is 3.68. The number of aromatic carboxylic acids is 1. The summed E-state index contributed by atoms with van der Waals surface area (Å²) in [5, 5.41) is 9.57. The first-order valence-corrected chi connectivity index (χ1v) is 6.08. The predicted octanol–water partition coefficient (Wildman–Crippen LogP) is 3.67. The topological polar surface area (TPSA) is 59.4 Å². The number of carbonyl (C=O) groups is 1. The van der Waals surface area contributed by atoms with Crippen LogP contribution < -0.4 is 4.74 Å². The van der Waals surface area contributed by atoms with Crippen molar-refractivity contribution in [3.8, 4) is 5.75 Å². The lowest BCUT2D eigenvalue weighted by atomic mass is 10.2. The van der Waals surface area contributed by atoms with Crippen molar-refractivity contribution in [2.24, 2.45) is 0 Å². The lowest BCUT2D eigenvalue weighted by Crippen LogP contribution is -2.02. The molecule has 1 heterocycles. The quantitative estimate of drug-likeness (QED) is 0.935. The first kappa shape index (κ1) is 13.6. The molecular formula is C13H9Cl2NO3. The minimum Gasteiger partial charge on any atom is -0.484 e. The average molecular weight is 298 g/mol. The maximum absolute atomic E-state index is 10.7. The maximum Gasteiger partial charge on any atom is 0.337 e. The molecule has 0 aliphatic rings. The van der Waals surface area contributed by atoms with Crippen molar-refractivity contribution in [1.82, 2.24) is 4.98 Å². The van der Waals surface area contributed by atoms with Crippen LogP contribution in [-0.4, -0.2) is 16.1 Å². The highest BCUT2D eigenvalue weighted by Gasteiger charge is 2.08. The van der Waals surface area contributed by atoms with Crippen LogP contribution in [-0.2, 0) is 6.61 Å². The van der Waals surface area contributed by atoms with Crippen molar-refractivity contribution in [3.63, 3.8) is 0 Å². The van der Waals surface area contributed by atoms with Crippen LogP contribution in [0, 0.1) is 0 Å². The Labute approximate surface area is 119 Å². The summed E-state index contributed by atoms with van der Waals surface area (Å²) in [5.74, 6) is -0.635. The van der Waals surface area contributed by atoms with Gasteiger partial charge in [0.25, 0.3) is 0 Å². The Morgan fingerprint density at radius 1 is 1.21 bits per heavy atom. The number of aromatic nitrogens is 1. The molecule has 0 bridgehead atoms. The number of rotatable bonds is 4. The van der Waals surface area contributed by atoms with Crippen molar-refractivity contribution in [2.45, 2.75) is 6.61 Å². The molecule has 0 atom stereocenters. The van der Waals surface area contributed by atoms with E-state index in [1.54, 1.807) is 24.3 Å². The maximum atomic E-state index is 10.7. The van der Waals surface area contributed by atoms with Crippen LogP contribution in [0.2, 0.25) is 10.0 Å². The van der Waals surface area contributed by atoms with Gasteiger partial charge in [0.1, 0.15) is 6.61 Å². The number of pyridine rings is 1. The van der Waals surface area contributed by atoms with Crippen LogP contribution in [0.4, 0.5) is 0 Å². The summed E-state index contributed by atoms with van der Waals surface area (Å²) in [6.07, 6.45) is 1.27. The van der Waals surface area contributed by atoms with Gasteiger partial charge in [-0.25, -0.2) is 4.79 Å². The number of nitrogens with zero attached hydrogens (tertiary/aromatic N) is 1. The number of para-hydroxylation sites is 1. The van der Waals surface area contributed by atoms with Gasteiger partial charge in [0.05, 0.1) is 21.3 Å². The number of carboxylic acid groups (broad SMARTS) is 1.